The second-order valence-electron chi connectivity index (χ2n) is 5.68. The van der Waals surface area contributed by atoms with E-state index in [9.17, 15) is 8.42 Å². The van der Waals surface area contributed by atoms with E-state index in [1.54, 1.807) is 6.07 Å². The molecule has 0 aromatic carbocycles. The summed E-state index contributed by atoms with van der Waals surface area (Å²) >= 11 is 1.10. The first-order chi connectivity index (χ1) is 11.5. The Balaban J connectivity index is 0.00000182. The standard InChI is InChI=1S/C15H15N5O2S2.4H2/c16-24(21,22)15-7-6-12(23-15)10-2-1-3-13(17-10)18-14-8-11(19-20-14)9-4-5-9;;;;/h1-3,6-9H,4-5H2,(H2,16,21,22)(H2,17,18,19,20);4*1H. The number of nitrogens with two attached hydrogens (primary N) is 1. The smallest absolute Gasteiger partial charge is 0.247 e. The molecule has 0 unspecified atom stereocenters. The van der Waals surface area contributed by atoms with Gasteiger partial charge in [-0.25, -0.2) is 18.5 Å². The quantitative estimate of drug-likeness (QED) is 0.633. The van der Waals surface area contributed by atoms with Gasteiger partial charge in [-0.05, 0) is 37.1 Å². The molecule has 3 heterocycles. The molecular formula is C15H23N5O2S2. The summed E-state index contributed by atoms with van der Waals surface area (Å²) < 4.78 is 22.9. The lowest BCUT2D eigenvalue weighted by molar-refractivity contribution is 0.600. The van der Waals surface area contributed by atoms with Crippen LogP contribution in [0, 0.1) is 0 Å². The van der Waals surface area contributed by atoms with Crippen molar-refractivity contribution in [3.63, 3.8) is 0 Å². The van der Waals surface area contributed by atoms with Gasteiger partial charge in [-0.2, -0.15) is 5.10 Å². The first-order valence-electron chi connectivity index (χ1n) is 7.41. The average molecular weight is 370 g/mol. The molecule has 132 valence electrons. The van der Waals surface area contributed by atoms with Crippen LogP contribution in [0.25, 0.3) is 10.6 Å². The molecule has 0 atom stereocenters. The maximum absolute atomic E-state index is 11.4. The number of aromatic amines is 1. The Morgan fingerprint density at radius 2 is 2.08 bits per heavy atom. The van der Waals surface area contributed by atoms with Crippen molar-refractivity contribution in [2.24, 2.45) is 5.14 Å². The van der Waals surface area contributed by atoms with Crippen molar-refractivity contribution in [3.05, 3.63) is 42.1 Å². The third kappa shape index (κ3) is 3.18. The number of nitrogens with one attached hydrogen (secondary N) is 2. The van der Waals surface area contributed by atoms with Gasteiger partial charge in [0.2, 0.25) is 10.0 Å². The number of primary sulfonamides is 1. The van der Waals surface area contributed by atoms with Gasteiger partial charge in [0, 0.05) is 23.4 Å². The Kier molecular flexibility index (Phi) is 3.63. The van der Waals surface area contributed by atoms with Crippen LogP contribution < -0.4 is 10.5 Å². The molecule has 1 fully saturated rings. The van der Waals surface area contributed by atoms with Gasteiger partial charge < -0.3 is 5.32 Å². The molecule has 0 amide bonds. The van der Waals surface area contributed by atoms with Crippen LogP contribution in [0.15, 0.2) is 40.6 Å². The fourth-order valence-corrected chi connectivity index (χ4v) is 4.09. The lowest BCUT2D eigenvalue weighted by Gasteiger charge is -2.03. The third-order valence-corrected chi connectivity index (χ3v) is 6.28. The molecule has 4 N–H and O–H groups in total. The van der Waals surface area contributed by atoms with Crippen LogP contribution in [-0.2, 0) is 10.0 Å². The minimum atomic E-state index is -3.69. The number of H-pyrrole nitrogens is 1. The minimum absolute atomic E-state index is 0. The highest BCUT2D eigenvalue weighted by Gasteiger charge is 2.25. The van der Waals surface area contributed by atoms with E-state index in [1.165, 1.54) is 18.9 Å². The Labute approximate surface area is 148 Å². The minimum Gasteiger partial charge on any atom is -0.323 e. The molecular weight excluding hydrogens is 346 g/mol. The number of pyridine rings is 1. The molecule has 7 nitrogen and oxygen atoms in total. The molecule has 0 radical (unpaired) electrons. The van der Waals surface area contributed by atoms with E-state index >= 15 is 0 Å². The van der Waals surface area contributed by atoms with Gasteiger partial charge in [0.15, 0.2) is 5.82 Å². The summed E-state index contributed by atoms with van der Waals surface area (Å²) in [5, 5.41) is 15.6. The SMILES string of the molecule is NS(=O)(=O)c1ccc(-c2cccc(Nc3cc(C4CC4)[nH]n3)n2)s1.[HH].[HH].[HH].[HH]. The molecule has 4 rings (SSSR count). The lowest BCUT2D eigenvalue weighted by atomic mass is 10.3. The summed E-state index contributed by atoms with van der Waals surface area (Å²) in [6.07, 6.45) is 2.42. The summed E-state index contributed by atoms with van der Waals surface area (Å²) in [7, 11) is -3.69. The zero-order chi connectivity index (χ0) is 16.7. The highest BCUT2D eigenvalue weighted by Crippen LogP contribution is 2.39. The number of hydrogen-bond acceptors (Lipinski definition) is 6. The van der Waals surface area contributed by atoms with Gasteiger partial charge in [0.05, 0.1) is 10.6 Å². The topological polar surface area (TPSA) is 114 Å². The van der Waals surface area contributed by atoms with Crippen molar-refractivity contribution < 1.29 is 14.1 Å². The number of aromatic nitrogens is 3. The Bertz CT molecular complexity index is 1010. The van der Waals surface area contributed by atoms with E-state index in [0.29, 0.717) is 17.4 Å². The molecule has 0 aliphatic heterocycles. The highest BCUT2D eigenvalue weighted by molar-refractivity contribution is 7.91. The van der Waals surface area contributed by atoms with Crippen LogP contribution in [0.5, 0.6) is 0 Å². The molecule has 9 heteroatoms. The molecule has 0 saturated heterocycles. The van der Waals surface area contributed by atoms with Gasteiger partial charge in [0.25, 0.3) is 0 Å². The first-order valence-corrected chi connectivity index (χ1v) is 9.78. The van der Waals surface area contributed by atoms with Crippen LogP contribution in [0.4, 0.5) is 11.6 Å². The number of anilines is 2. The fraction of sp³-hybridized carbons (Fsp3) is 0.200. The summed E-state index contributed by atoms with van der Waals surface area (Å²) in [6, 6.07) is 10.7. The molecule has 3 aromatic rings. The van der Waals surface area contributed by atoms with E-state index in [2.05, 4.69) is 20.5 Å². The zero-order valence-electron chi connectivity index (χ0n) is 12.6. The second-order valence-corrected chi connectivity index (χ2v) is 8.55. The first kappa shape index (κ1) is 15.3. The summed E-state index contributed by atoms with van der Waals surface area (Å²) in [5.74, 6) is 1.97. The number of sulfonamides is 1. The van der Waals surface area contributed by atoms with Crippen LogP contribution in [0.3, 0.4) is 0 Å². The van der Waals surface area contributed by atoms with Crippen LogP contribution in [0.1, 0.15) is 30.2 Å². The van der Waals surface area contributed by atoms with E-state index in [-0.39, 0.29) is 9.92 Å². The normalized spacial score (nSPS) is 14.7. The van der Waals surface area contributed by atoms with Crippen LogP contribution in [-0.4, -0.2) is 23.6 Å². The number of nitrogens with zero attached hydrogens (tertiary/aromatic N) is 2. The molecule has 0 bridgehead atoms. The van der Waals surface area contributed by atoms with Crippen LogP contribution >= 0.6 is 11.3 Å². The molecule has 3 aromatic heterocycles. The number of thiophene rings is 1. The lowest BCUT2D eigenvalue weighted by Crippen LogP contribution is -2.09. The molecule has 0 spiro atoms. The average Bonchev–Trinajstić information content (AvgIpc) is 3.08. The molecule has 1 aliphatic rings. The van der Waals surface area contributed by atoms with E-state index in [4.69, 9.17) is 5.14 Å². The van der Waals surface area contributed by atoms with Crippen LogP contribution in [0.2, 0.25) is 0 Å². The van der Waals surface area contributed by atoms with Crippen molar-refractivity contribution in [1.29, 1.82) is 0 Å². The summed E-state index contributed by atoms with van der Waals surface area (Å²) in [6.45, 7) is 0. The van der Waals surface area contributed by atoms with Gasteiger partial charge in [-0.15, -0.1) is 11.3 Å². The predicted octanol–water partition coefficient (Wildman–Crippen LogP) is 3.79. The largest absolute Gasteiger partial charge is 0.323 e. The van der Waals surface area contributed by atoms with Gasteiger partial charge in [-0.1, -0.05) is 6.07 Å². The predicted molar refractivity (Wildman–Crippen MR) is 101 cm³/mol. The second kappa shape index (κ2) is 5.69. The van der Waals surface area contributed by atoms with Gasteiger partial charge in [0.1, 0.15) is 10.0 Å². The zero-order valence-corrected chi connectivity index (χ0v) is 14.2. The van der Waals surface area contributed by atoms with Gasteiger partial charge >= 0.3 is 0 Å². The Morgan fingerprint density at radius 1 is 1.25 bits per heavy atom. The van der Waals surface area contributed by atoms with Crippen molar-refractivity contribution >= 4 is 33.0 Å². The maximum Gasteiger partial charge on any atom is 0.247 e. The molecule has 1 aliphatic carbocycles. The summed E-state index contributed by atoms with van der Waals surface area (Å²) in [5.41, 5.74) is 1.82. The number of rotatable bonds is 5. The Morgan fingerprint density at radius 3 is 2.79 bits per heavy atom. The monoisotopic (exact) mass is 369 g/mol. The van der Waals surface area contributed by atoms with Crippen molar-refractivity contribution in [2.75, 3.05) is 5.32 Å². The Hall–Kier alpha value is -2.23. The van der Waals surface area contributed by atoms with Crippen molar-refractivity contribution in [3.8, 4) is 10.6 Å². The van der Waals surface area contributed by atoms with E-state index in [1.807, 2.05) is 24.3 Å². The summed E-state index contributed by atoms with van der Waals surface area (Å²) in [4.78, 5) is 5.25. The van der Waals surface area contributed by atoms with Gasteiger partial charge in [-0.3, -0.25) is 5.10 Å². The fourth-order valence-electron chi connectivity index (χ4n) is 2.39. The number of hydrogen-bond donors (Lipinski definition) is 3. The maximum atomic E-state index is 11.4. The van der Waals surface area contributed by atoms with E-state index in [0.717, 1.165) is 27.7 Å². The highest BCUT2D eigenvalue weighted by atomic mass is 32.2. The third-order valence-electron chi connectivity index (χ3n) is 3.73. The molecule has 24 heavy (non-hydrogen) atoms. The van der Waals surface area contributed by atoms with E-state index < -0.39 is 10.0 Å². The van der Waals surface area contributed by atoms with Crippen molar-refractivity contribution in [1.82, 2.24) is 15.2 Å². The molecule has 1 saturated carbocycles. The van der Waals surface area contributed by atoms with Crippen molar-refractivity contribution in [2.45, 2.75) is 23.0 Å².